The number of hydrogen-bond acceptors (Lipinski definition) is 6. The summed E-state index contributed by atoms with van der Waals surface area (Å²) in [6.45, 7) is 0.000532. The van der Waals surface area contributed by atoms with Crippen molar-refractivity contribution < 1.29 is 26.7 Å². The molecular weight excluding hydrogens is 392 g/mol. The van der Waals surface area contributed by atoms with Gasteiger partial charge < -0.3 is 9.84 Å². The van der Waals surface area contributed by atoms with Crippen LogP contribution in [-0.4, -0.2) is 53.6 Å². The first-order valence-corrected chi connectivity index (χ1v) is 11.0. The third kappa shape index (κ3) is 4.98. The van der Waals surface area contributed by atoms with E-state index in [-0.39, 0.29) is 34.4 Å². The van der Waals surface area contributed by atoms with Gasteiger partial charge in [-0.3, -0.25) is 4.72 Å². The molecular formula is C17H22N2O6S2. The van der Waals surface area contributed by atoms with Crippen molar-refractivity contribution in [3.63, 3.8) is 0 Å². The summed E-state index contributed by atoms with van der Waals surface area (Å²) in [6, 6.07) is 11.7. The first-order valence-electron chi connectivity index (χ1n) is 8.05. The molecule has 0 aliphatic rings. The molecule has 0 spiro atoms. The summed E-state index contributed by atoms with van der Waals surface area (Å²) >= 11 is 0. The Balaban J connectivity index is 2.41. The third-order valence-electron chi connectivity index (χ3n) is 3.81. The minimum atomic E-state index is -3.91. The van der Waals surface area contributed by atoms with Gasteiger partial charge in [0.15, 0.2) is 0 Å². The highest BCUT2D eigenvalue weighted by atomic mass is 32.2. The summed E-state index contributed by atoms with van der Waals surface area (Å²) < 4.78 is 59.0. The molecule has 2 aromatic carbocycles. The van der Waals surface area contributed by atoms with E-state index in [9.17, 15) is 16.8 Å². The van der Waals surface area contributed by atoms with Crippen LogP contribution in [-0.2, 0) is 20.0 Å². The van der Waals surface area contributed by atoms with Crippen LogP contribution in [0.15, 0.2) is 58.3 Å². The lowest BCUT2D eigenvalue weighted by molar-refractivity contribution is 0.275. The van der Waals surface area contributed by atoms with Crippen molar-refractivity contribution >= 4 is 25.7 Å². The van der Waals surface area contributed by atoms with E-state index in [1.807, 2.05) is 0 Å². The van der Waals surface area contributed by atoms with Crippen molar-refractivity contribution in [3.8, 4) is 5.75 Å². The minimum Gasteiger partial charge on any atom is -0.495 e. The molecule has 0 aliphatic heterocycles. The maximum Gasteiger partial charge on any atom is 0.262 e. The van der Waals surface area contributed by atoms with Crippen LogP contribution < -0.4 is 9.46 Å². The van der Waals surface area contributed by atoms with E-state index in [4.69, 9.17) is 9.84 Å². The summed E-state index contributed by atoms with van der Waals surface area (Å²) in [5.74, 6) is 0.187. The SMILES string of the molecule is COc1ccc(S(=O)(=O)N(C)CCCO)cc1NS(=O)(=O)c1ccccc1. The molecule has 2 N–H and O–H groups in total. The van der Waals surface area contributed by atoms with Gasteiger partial charge in [-0.2, -0.15) is 0 Å². The van der Waals surface area contributed by atoms with Gasteiger partial charge in [-0.15, -0.1) is 0 Å². The molecule has 148 valence electrons. The molecule has 0 aliphatic carbocycles. The normalized spacial score (nSPS) is 12.1. The zero-order chi connectivity index (χ0) is 20.1. The van der Waals surface area contributed by atoms with Gasteiger partial charge in [0.2, 0.25) is 10.0 Å². The van der Waals surface area contributed by atoms with Gasteiger partial charge >= 0.3 is 0 Å². The second-order valence-corrected chi connectivity index (χ2v) is 9.41. The smallest absolute Gasteiger partial charge is 0.262 e. The number of benzene rings is 2. The molecule has 10 heteroatoms. The zero-order valence-corrected chi connectivity index (χ0v) is 16.6. The lowest BCUT2D eigenvalue weighted by atomic mass is 10.3. The van der Waals surface area contributed by atoms with E-state index >= 15 is 0 Å². The first-order chi connectivity index (χ1) is 12.7. The molecule has 8 nitrogen and oxygen atoms in total. The largest absolute Gasteiger partial charge is 0.495 e. The highest BCUT2D eigenvalue weighted by Crippen LogP contribution is 2.30. The maximum absolute atomic E-state index is 12.7. The van der Waals surface area contributed by atoms with Gasteiger partial charge in [0.05, 0.1) is 22.6 Å². The molecule has 2 rings (SSSR count). The Labute approximate surface area is 159 Å². The van der Waals surface area contributed by atoms with Crippen LogP contribution in [0.3, 0.4) is 0 Å². The van der Waals surface area contributed by atoms with Gasteiger partial charge in [0.25, 0.3) is 10.0 Å². The molecule has 0 amide bonds. The average Bonchev–Trinajstić information content (AvgIpc) is 2.66. The van der Waals surface area contributed by atoms with E-state index in [0.717, 1.165) is 4.31 Å². The predicted molar refractivity (Wildman–Crippen MR) is 102 cm³/mol. The molecule has 0 unspecified atom stereocenters. The lowest BCUT2D eigenvalue weighted by Gasteiger charge is -2.18. The third-order valence-corrected chi connectivity index (χ3v) is 7.04. The fourth-order valence-corrected chi connectivity index (χ4v) is 4.64. The van der Waals surface area contributed by atoms with Gasteiger partial charge in [-0.1, -0.05) is 18.2 Å². The molecule has 27 heavy (non-hydrogen) atoms. The summed E-state index contributed by atoms with van der Waals surface area (Å²) in [7, 11) is -5.01. The fraction of sp³-hybridized carbons (Fsp3) is 0.294. The number of aliphatic hydroxyl groups is 1. The maximum atomic E-state index is 12.7. The Morgan fingerprint density at radius 2 is 1.70 bits per heavy atom. The van der Waals surface area contributed by atoms with Gasteiger partial charge in [0, 0.05) is 20.2 Å². The Hall–Kier alpha value is -2.14. The van der Waals surface area contributed by atoms with Crippen LogP contribution in [0.2, 0.25) is 0 Å². The van der Waals surface area contributed by atoms with Crippen molar-refractivity contribution in [2.75, 3.05) is 32.0 Å². The Kier molecular flexibility index (Phi) is 6.82. The van der Waals surface area contributed by atoms with Gasteiger partial charge in [-0.05, 0) is 36.8 Å². The van der Waals surface area contributed by atoms with Crippen molar-refractivity contribution in [1.29, 1.82) is 0 Å². The highest BCUT2D eigenvalue weighted by Gasteiger charge is 2.23. The number of ether oxygens (including phenoxy) is 1. The number of sulfonamides is 2. The molecule has 0 aromatic heterocycles. The first kappa shape index (κ1) is 21.2. The summed E-state index contributed by atoms with van der Waals surface area (Å²) in [5, 5.41) is 8.88. The van der Waals surface area contributed by atoms with Crippen LogP contribution in [0.1, 0.15) is 6.42 Å². The van der Waals surface area contributed by atoms with Crippen molar-refractivity contribution in [1.82, 2.24) is 4.31 Å². The fourth-order valence-electron chi connectivity index (χ4n) is 2.32. The second-order valence-electron chi connectivity index (χ2n) is 5.68. The predicted octanol–water partition coefficient (Wildman–Crippen LogP) is 1.50. The van der Waals surface area contributed by atoms with E-state index in [1.54, 1.807) is 18.2 Å². The number of anilines is 1. The molecule has 0 atom stereocenters. The number of rotatable bonds is 9. The van der Waals surface area contributed by atoms with Crippen molar-refractivity contribution in [3.05, 3.63) is 48.5 Å². The topological polar surface area (TPSA) is 113 Å². The quantitative estimate of drug-likeness (QED) is 0.643. The monoisotopic (exact) mass is 414 g/mol. The van der Waals surface area contributed by atoms with Crippen molar-refractivity contribution in [2.45, 2.75) is 16.2 Å². The van der Waals surface area contributed by atoms with Gasteiger partial charge in [-0.25, -0.2) is 21.1 Å². The molecule has 0 radical (unpaired) electrons. The van der Waals surface area contributed by atoms with Crippen LogP contribution in [0.25, 0.3) is 0 Å². The Morgan fingerprint density at radius 1 is 1.04 bits per heavy atom. The number of methoxy groups -OCH3 is 1. The van der Waals surface area contributed by atoms with Gasteiger partial charge in [0.1, 0.15) is 5.75 Å². The Morgan fingerprint density at radius 3 is 2.30 bits per heavy atom. The summed E-state index contributed by atoms with van der Waals surface area (Å²) in [5.41, 5.74) is 0.0120. The lowest BCUT2D eigenvalue weighted by Crippen LogP contribution is -2.28. The number of nitrogens with zero attached hydrogens (tertiary/aromatic N) is 1. The molecule has 0 fully saturated rings. The zero-order valence-electron chi connectivity index (χ0n) is 15.0. The minimum absolute atomic E-state index is 0.0120. The van der Waals surface area contributed by atoms with E-state index in [2.05, 4.69) is 4.72 Å². The van der Waals surface area contributed by atoms with Crippen LogP contribution >= 0.6 is 0 Å². The van der Waals surface area contributed by atoms with Crippen LogP contribution in [0.4, 0.5) is 5.69 Å². The molecule has 0 saturated carbocycles. The Bertz CT molecular complexity index is 976. The molecule has 0 bridgehead atoms. The molecule has 2 aromatic rings. The van der Waals surface area contributed by atoms with E-state index < -0.39 is 20.0 Å². The highest BCUT2D eigenvalue weighted by molar-refractivity contribution is 7.92. The summed E-state index contributed by atoms with van der Waals surface area (Å²) in [4.78, 5) is -0.0464. The number of hydrogen-bond donors (Lipinski definition) is 2. The van der Waals surface area contributed by atoms with Crippen LogP contribution in [0, 0.1) is 0 Å². The number of aliphatic hydroxyl groups excluding tert-OH is 1. The molecule has 0 heterocycles. The second kappa shape index (κ2) is 8.70. The average molecular weight is 415 g/mol. The number of nitrogens with one attached hydrogen (secondary N) is 1. The van der Waals surface area contributed by atoms with Crippen molar-refractivity contribution in [2.24, 2.45) is 0 Å². The summed E-state index contributed by atoms with van der Waals surface area (Å²) in [6.07, 6.45) is 0.291. The van der Waals surface area contributed by atoms with Crippen LogP contribution in [0.5, 0.6) is 5.75 Å². The van der Waals surface area contributed by atoms with E-state index in [0.29, 0.717) is 6.42 Å². The standard InChI is InChI=1S/C17H22N2O6S2/c1-19(11-6-12-20)27(23,24)15-9-10-17(25-2)16(13-15)18-26(21,22)14-7-4-3-5-8-14/h3-5,7-10,13,18,20H,6,11-12H2,1-2H3. The van der Waals surface area contributed by atoms with E-state index in [1.165, 1.54) is 44.5 Å². The molecule has 0 saturated heterocycles.